The maximum atomic E-state index is 5.24. The first-order valence-corrected chi connectivity index (χ1v) is 5.03. The van der Waals surface area contributed by atoms with Crippen molar-refractivity contribution in [2.45, 2.75) is 6.92 Å². The Morgan fingerprint density at radius 2 is 1.75 bits per heavy atom. The lowest BCUT2D eigenvalue weighted by molar-refractivity contribution is 0.355. The van der Waals surface area contributed by atoms with Crippen LogP contribution in [0.3, 0.4) is 0 Å². The van der Waals surface area contributed by atoms with Crippen molar-refractivity contribution in [3.63, 3.8) is 0 Å². The smallest absolute Gasteiger partial charge is 0.161 e. The molecule has 0 atom stereocenters. The topological polar surface area (TPSA) is 34.1 Å². The van der Waals surface area contributed by atoms with E-state index in [1.807, 2.05) is 39.2 Å². The first kappa shape index (κ1) is 12.4. The SMILES string of the molecule is COc1ccc(C(C)=NN(C)C)cc1OC. The van der Waals surface area contributed by atoms with Crippen LogP contribution in [0.5, 0.6) is 11.5 Å². The number of ether oxygens (including phenoxy) is 2. The van der Waals surface area contributed by atoms with Gasteiger partial charge >= 0.3 is 0 Å². The normalized spacial score (nSPS) is 11.2. The molecule has 0 spiro atoms. The molecule has 1 rings (SSSR count). The Kier molecular flexibility index (Phi) is 4.17. The van der Waals surface area contributed by atoms with Gasteiger partial charge in [0.15, 0.2) is 11.5 Å². The molecule has 0 fully saturated rings. The zero-order chi connectivity index (χ0) is 12.1. The van der Waals surface area contributed by atoms with E-state index < -0.39 is 0 Å². The van der Waals surface area contributed by atoms with Gasteiger partial charge < -0.3 is 14.5 Å². The Bertz CT molecular complexity index is 387. The van der Waals surface area contributed by atoms with E-state index in [-0.39, 0.29) is 0 Å². The van der Waals surface area contributed by atoms with E-state index in [0.717, 1.165) is 17.0 Å². The summed E-state index contributed by atoms with van der Waals surface area (Å²) in [6.45, 7) is 1.96. The molecule has 0 aliphatic heterocycles. The maximum Gasteiger partial charge on any atom is 0.161 e. The highest BCUT2D eigenvalue weighted by Gasteiger charge is 2.06. The van der Waals surface area contributed by atoms with Gasteiger partial charge in [-0.05, 0) is 25.1 Å². The molecule has 88 valence electrons. The highest BCUT2D eigenvalue weighted by atomic mass is 16.5. The van der Waals surface area contributed by atoms with Crippen LogP contribution in [0.25, 0.3) is 0 Å². The summed E-state index contributed by atoms with van der Waals surface area (Å²) >= 11 is 0. The molecule has 16 heavy (non-hydrogen) atoms. The number of hydrogen-bond donors (Lipinski definition) is 0. The second-order valence-corrected chi connectivity index (χ2v) is 3.60. The van der Waals surface area contributed by atoms with Gasteiger partial charge in [0.1, 0.15) is 0 Å². The van der Waals surface area contributed by atoms with Crippen LogP contribution in [0.2, 0.25) is 0 Å². The third kappa shape index (κ3) is 2.89. The van der Waals surface area contributed by atoms with Crippen molar-refractivity contribution in [3.05, 3.63) is 23.8 Å². The lowest BCUT2D eigenvalue weighted by Crippen LogP contribution is -2.07. The molecular weight excluding hydrogens is 204 g/mol. The number of hydrogen-bond acceptors (Lipinski definition) is 4. The van der Waals surface area contributed by atoms with Crippen LogP contribution >= 0.6 is 0 Å². The Morgan fingerprint density at radius 1 is 1.12 bits per heavy atom. The Labute approximate surface area is 96.5 Å². The minimum Gasteiger partial charge on any atom is -0.493 e. The summed E-state index contributed by atoms with van der Waals surface area (Å²) in [5, 5.41) is 6.10. The number of benzene rings is 1. The van der Waals surface area contributed by atoms with Crippen molar-refractivity contribution < 1.29 is 9.47 Å². The molecule has 1 aromatic carbocycles. The molecule has 0 radical (unpaired) electrons. The van der Waals surface area contributed by atoms with Crippen molar-refractivity contribution in [2.24, 2.45) is 5.10 Å². The van der Waals surface area contributed by atoms with E-state index >= 15 is 0 Å². The molecule has 0 aliphatic rings. The van der Waals surface area contributed by atoms with Crippen LogP contribution in [0.1, 0.15) is 12.5 Å². The molecule has 0 heterocycles. The van der Waals surface area contributed by atoms with E-state index in [1.165, 1.54) is 0 Å². The van der Waals surface area contributed by atoms with Gasteiger partial charge in [0.2, 0.25) is 0 Å². The second kappa shape index (κ2) is 5.39. The minimum absolute atomic E-state index is 0.716. The molecule has 1 aromatic rings. The predicted octanol–water partition coefficient (Wildman–Crippen LogP) is 1.99. The predicted molar refractivity (Wildman–Crippen MR) is 65.4 cm³/mol. The average molecular weight is 222 g/mol. The summed E-state index contributed by atoms with van der Waals surface area (Å²) in [4.78, 5) is 0. The van der Waals surface area contributed by atoms with E-state index in [4.69, 9.17) is 9.47 Å². The van der Waals surface area contributed by atoms with Crippen molar-refractivity contribution in [1.82, 2.24) is 5.01 Å². The quantitative estimate of drug-likeness (QED) is 0.577. The standard InChI is InChI=1S/C12H18N2O2/c1-9(13-14(2)3)10-6-7-11(15-4)12(8-10)16-5/h6-8H,1-5H3. The highest BCUT2D eigenvalue weighted by molar-refractivity contribution is 5.99. The van der Waals surface area contributed by atoms with E-state index in [2.05, 4.69) is 5.10 Å². The van der Waals surface area contributed by atoms with Crippen LogP contribution < -0.4 is 9.47 Å². The lowest BCUT2D eigenvalue weighted by Gasteiger charge is -2.11. The molecule has 0 saturated carbocycles. The first-order chi connectivity index (χ1) is 7.58. The Balaban J connectivity index is 3.08. The summed E-state index contributed by atoms with van der Waals surface area (Å²) in [5.41, 5.74) is 1.96. The van der Waals surface area contributed by atoms with Crippen LogP contribution in [0.4, 0.5) is 0 Å². The summed E-state index contributed by atoms with van der Waals surface area (Å²) in [6.07, 6.45) is 0. The number of rotatable bonds is 4. The fourth-order valence-corrected chi connectivity index (χ4v) is 1.42. The van der Waals surface area contributed by atoms with Gasteiger partial charge in [0.05, 0.1) is 19.9 Å². The van der Waals surface area contributed by atoms with Crippen molar-refractivity contribution in [1.29, 1.82) is 0 Å². The lowest BCUT2D eigenvalue weighted by atomic mass is 10.1. The third-order valence-corrected chi connectivity index (χ3v) is 2.15. The fraction of sp³-hybridized carbons (Fsp3) is 0.417. The Morgan fingerprint density at radius 3 is 2.25 bits per heavy atom. The van der Waals surface area contributed by atoms with Gasteiger partial charge in [-0.25, -0.2) is 0 Å². The van der Waals surface area contributed by atoms with Gasteiger partial charge in [-0.1, -0.05) is 0 Å². The first-order valence-electron chi connectivity index (χ1n) is 5.03. The van der Waals surface area contributed by atoms with E-state index in [0.29, 0.717) is 5.75 Å². The van der Waals surface area contributed by atoms with Crippen molar-refractivity contribution >= 4 is 5.71 Å². The monoisotopic (exact) mass is 222 g/mol. The van der Waals surface area contributed by atoms with Crippen LogP contribution in [0.15, 0.2) is 23.3 Å². The van der Waals surface area contributed by atoms with Gasteiger partial charge in [-0.3, -0.25) is 0 Å². The van der Waals surface area contributed by atoms with E-state index in [9.17, 15) is 0 Å². The largest absolute Gasteiger partial charge is 0.493 e. The van der Waals surface area contributed by atoms with Crippen molar-refractivity contribution in [2.75, 3.05) is 28.3 Å². The molecular formula is C12H18N2O2. The number of hydrazone groups is 1. The summed E-state index contributed by atoms with van der Waals surface area (Å²) in [5.74, 6) is 1.44. The molecule has 0 aliphatic carbocycles. The van der Waals surface area contributed by atoms with Gasteiger partial charge in [0.25, 0.3) is 0 Å². The maximum absolute atomic E-state index is 5.24. The van der Waals surface area contributed by atoms with Crippen LogP contribution in [-0.4, -0.2) is 39.0 Å². The number of methoxy groups -OCH3 is 2. The van der Waals surface area contributed by atoms with Crippen LogP contribution in [-0.2, 0) is 0 Å². The zero-order valence-electron chi connectivity index (χ0n) is 10.4. The van der Waals surface area contributed by atoms with Gasteiger partial charge in [-0.2, -0.15) is 5.10 Å². The summed E-state index contributed by atoms with van der Waals surface area (Å²) in [6, 6.07) is 5.76. The van der Waals surface area contributed by atoms with Crippen molar-refractivity contribution in [3.8, 4) is 11.5 Å². The zero-order valence-corrected chi connectivity index (χ0v) is 10.4. The van der Waals surface area contributed by atoms with Gasteiger partial charge in [0, 0.05) is 19.7 Å². The second-order valence-electron chi connectivity index (χ2n) is 3.60. The molecule has 0 unspecified atom stereocenters. The van der Waals surface area contributed by atoms with E-state index in [1.54, 1.807) is 19.2 Å². The molecule has 0 bridgehead atoms. The molecule has 0 saturated heterocycles. The minimum atomic E-state index is 0.716. The van der Waals surface area contributed by atoms with Gasteiger partial charge in [-0.15, -0.1) is 0 Å². The molecule has 4 heteroatoms. The molecule has 0 amide bonds. The highest BCUT2D eigenvalue weighted by Crippen LogP contribution is 2.27. The third-order valence-electron chi connectivity index (χ3n) is 2.15. The summed E-state index contributed by atoms with van der Waals surface area (Å²) < 4.78 is 10.4. The molecule has 0 aromatic heterocycles. The van der Waals surface area contributed by atoms with Crippen LogP contribution in [0, 0.1) is 0 Å². The summed E-state index contributed by atoms with van der Waals surface area (Å²) in [7, 11) is 7.03. The average Bonchev–Trinajstić information content (AvgIpc) is 2.27. The number of nitrogens with zero attached hydrogens (tertiary/aromatic N) is 2. The molecule has 0 N–H and O–H groups in total. The Hall–Kier alpha value is -1.71. The fourth-order valence-electron chi connectivity index (χ4n) is 1.42. The molecule has 4 nitrogen and oxygen atoms in total.